The second kappa shape index (κ2) is 4.44. The minimum absolute atomic E-state index is 0.201. The molecule has 0 spiro atoms. The van der Waals surface area contributed by atoms with Crippen LogP contribution in [0.15, 0.2) is 18.2 Å². The highest BCUT2D eigenvalue weighted by Crippen LogP contribution is 2.37. The lowest BCUT2D eigenvalue weighted by atomic mass is 9.88. The number of halogens is 3. The number of methoxy groups -OCH3 is 1. The summed E-state index contributed by atoms with van der Waals surface area (Å²) in [5, 5.41) is 12.8. The molecule has 1 heterocycles. The fraction of sp³-hybridized carbons (Fsp3) is 0.500. The molecule has 1 aromatic carbocycles. The van der Waals surface area contributed by atoms with Gasteiger partial charge < -0.3 is 15.2 Å². The van der Waals surface area contributed by atoms with Crippen LogP contribution in [-0.2, 0) is 12.6 Å². The molecule has 3 nitrogen and oxygen atoms in total. The Balaban J connectivity index is 2.28. The van der Waals surface area contributed by atoms with Crippen LogP contribution >= 0.6 is 0 Å². The number of alkyl halides is 3. The monoisotopic (exact) mass is 261 g/mol. The van der Waals surface area contributed by atoms with Gasteiger partial charge in [0.25, 0.3) is 0 Å². The van der Waals surface area contributed by atoms with E-state index in [1.807, 2.05) is 0 Å². The molecule has 2 N–H and O–H groups in total. The second-order valence-electron chi connectivity index (χ2n) is 4.54. The van der Waals surface area contributed by atoms with Crippen molar-refractivity contribution in [2.45, 2.75) is 18.2 Å². The van der Waals surface area contributed by atoms with Crippen molar-refractivity contribution >= 4 is 0 Å². The molecule has 1 aliphatic rings. The number of hydrogen-bond donors (Lipinski definition) is 2. The number of rotatable bonds is 3. The first-order valence-corrected chi connectivity index (χ1v) is 5.51. The highest BCUT2D eigenvalue weighted by Gasteiger charge is 2.37. The van der Waals surface area contributed by atoms with E-state index in [0.717, 1.165) is 6.07 Å². The maximum absolute atomic E-state index is 12.8. The molecule has 18 heavy (non-hydrogen) atoms. The van der Waals surface area contributed by atoms with Crippen molar-refractivity contribution in [3.63, 3.8) is 0 Å². The van der Waals surface area contributed by atoms with E-state index in [-0.39, 0.29) is 12.2 Å². The van der Waals surface area contributed by atoms with Gasteiger partial charge in [-0.1, -0.05) is 6.07 Å². The number of hydrogen-bond acceptors (Lipinski definition) is 3. The van der Waals surface area contributed by atoms with E-state index in [1.165, 1.54) is 13.2 Å². The first-order chi connectivity index (χ1) is 8.34. The lowest BCUT2D eigenvalue weighted by Crippen LogP contribution is -2.60. The lowest BCUT2D eigenvalue weighted by Gasteiger charge is -2.37. The van der Waals surface area contributed by atoms with Crippen LogP contribution in [0.4, 0.5) is 13.2 Å². The zero-order valence-corrected chi connectivity index (χ0v) is 9.84. The molecule has 0 aliphatic carbocycles. The van der Waals surface area contributed by atoms with Gasteiger partial charge in [0.1, 0.15) is 5.75 Å². The van der Waals surface area contributed by atoms with Gasteiger partial charge in [0.15, 0.2) is 0 Å². The van der Waals surface area contributed by atoms with E-state index in [9.17, 15) is 18.3 Å². The first-order valence-electron chi connectivity index (χ1n) is 5.51. The molecule has 1 aliphatic heterocycles. The highest BCUT2D eigenvalue weighted by molar-refractivity contribution is 5.40. The van der Waals surface area contributed by atoms with Crippen molar-refractivity contribution < 1.29 is 23.0 Å². The number of β-amino-alcohol motifs (C(OH)–C–C–N with tert-alkyl or cyclic N) is 1. The van der Waals surface area contributed by atoms with Gasteiger partial charge in [-0.2, -0.15) is 13.2 Å². The van der Waals surface area contributed by atoms with Crippen LogP contribution in [0.2, 0.25) is 0 Å². The quantitative estimate of drug-likeness (QED) is 0.868. The summed E-state index contributed by atoms with van der Waals surface area (Å²) in [6.07, 6.45) is -4.26. The van der Waals surface area contributed by atoms with Crippen molar-refractivity contribution in [1.82, 2.24) is 5.32 Å². The molecule has 1 fully saturated rings. The van der Waals surface area contributed by atoms with Gasteiger partial charge in [-0.15, -0.1) is 0 Å². The predicted octanol–water partition coefficient (Wildman–Crippen LogP) is 1.59. The molecule has 2 rings (SSSR count). The van der Waals surface area contributed by atoms with Crippen molar-refractivity contribution in [2.75, 3.05) is 20.2 Å². The summed E-state index contributed by atoms with van der Waals surface area (Å²) in [6.45, 7) is 0.806. The molecule has 0 unspecified atom stereocenters. The standard InChI is InChI=1S/C12H14F3NO2/c1-18-10-3-2-8(4-9(10)12(13,14)15)5-11(17)6-16-7-11/h2-4,16-17H,5-7H2,1H3. The maximum atomic E-state index is 12.8. The number of nitrogens with one attached hydrogen (secondary N) is 1. The third-order valence-corrected chi connectivity index (χ3v) is 3.01. The largest absolute Gasteiger partial charge is 0.496 e. The SMILES string of the molecule is COc1ccc(CC2(O)CNC2)cc1C(F)(F)F. The van der Waals surface area contributed by atoms with E-state index in [1.54, 1.807) is 6.07 Å². The fourth-order valence-electron chi connectivity index (χ4n) is 2.01. The summed E-state index contributed by atoms with van der Waals surface area (Å²) in [7, 11) is 1.20. The zero-order chi connectivity index (χ0) is 13.4. The van der Waals surface area contributed by atoms with Crippen LogP contribution in [0.25, 0.3) is 0 Å². The van der Waals surface area contributed by atoms with E-state index >= 15 is 0 Å². The predicted molar refractivity (Wildman–Crippen MR) is 59.5 cm³/mol. The maximum Gasteiger partial charge on any atom is 0.419 e. The van der Waals surface area contributed by atoms with Crippen LogP contribution < -0.4 is 10.1 Å². The molecule has 1 aromatic rings. The summed E-state index contributed by atoms with van der Waals surface area (Å²) in [6, 6.07) is 3.87. The summed E-state index contributed by atoms with van der Waals surface area (Å²) in [4.78, 5) is 0. The molecular formula is C12H14F3NO2. The van der Waals surface area contributed by atoms with Gasteiger partial charge in [-0.3, -0.25) is 0 Å². The van der Waals surface area contributed by atoms with E-state index in [2.05, 4.69) is 5.32 Å². The molecule has 6 heteroatoms. The Labute approximate surface area is 103 Å². The fourth-order valence-corrected chi connectivity index (χ4v) is 2.01. The van der Waals surface area contributed by atoms with Crippen LogP contribution in [0.5, 0.6) is 5.75 Å². The summed E-state index contributed by atoms with van der Waals surface area (Å²) in [5.41, 5.74) is -1.29. The summed E-state index contributed by atoms with van der Waals surface area (Å²) < 4.78 is 43.1. The van der Waals surface area contributed by atoms with Gasteiger partial charge in [0, 0.05) is 19.5 Å². The van der Waals surface area contributed by atoms with E-state index in [0.29, 0.717) is 18.7 Å². The van der Waals surface area contributed by atoms with Crippen molar-refractivity contribution in [2.24, 2.45) is 0 Å². The van der Waals surface area contributed by atoms with Crippen molar-refractivity contribution in [3.05, 3.63) is 29.3 Å². The van der Waals surface area contributed by atoms with Crippen LogP contribution in [0.3, 0.4) is 0 Å². The number of benzene rings is 1. The Kier molecular flexibility index (Phi) is 3.25. The summed E-state index contributed by atoms with van der Waals surface area (Å²) in [5.74, 6) is -0.204. The minimum atomic E-state index is -4.46. The zero-order valence-electron chi connectivity index (χ0n) is 9.84. The Morgan fingerprint density at radius 2 is 2.06 bits per heavy atom. The van der Waals surface area contributed by atoms with Gasteiger partial charge in [0.05, 0.1) is 18.3 Å². The van der Waals surface area contributed by atoms with Gasteiger partial charge in [-0.25, -0.2) is 0 Å². The second-order valence-corrected chi connectivity index (χ2v) is 4.54. The Bertz CT molecular complexity index is 441. The average molecular weight is 261 g/mol. The van der Waals surface area contributed by atoms with Crippen LogP contribution in [0.1, 0.15) is 11.1 Å². The molecule has 0 amide bonds. The van der Waals surface area contributed by atoms with Gasteiger partial charge in [-0.05, 0) is 17.7 Å². The normalized spacial score (nSPS) is 18.3. The average Bonchev–Trinajstić information content (AvgIpc) is 2.26. The first kappa shape index (κ1) is 13.2. The molecular weight excluding hydrogens is 247 g/mol. The third kappa shape index (κ3) is 2.59. The minimum Gasteiger partial charge on any atom is -0.496 e. The Morgan fingerprint density at radius 3 is 2.50 bits per heavy atom. The van der Waals surface area contributed by atoms with Crippen LogP contribution in [0, 0.1) is 0 Å². The van der Waals surface area contributed by atoms with Gasteiger partial charge in [0.2, 0.25) is 0 Å². The summed E-state index contributed by atoms with van der Waals surface area (Å²) >= 11 is 0. The molecule has 1 saturated heterocycles. The molecule has 0 radical (unpaired) electrons. The third-order valence-electron chi connectivity index (χ3n) is 3.01. The lowest BCUT2D eigenvalue weighted by molar-refractivity contribution is -0.138. The van der Waals surface area contributed by atoms with E-state index < -0.39 is 17.3 Å². The Hall–Kier alpha value is -1.27. The topological polar surface area (TPSA) is 41.5 Å². The van der Waals surface area contributed by atoms with Crippen LogP contribution in [-0.4, -0.2) is 30.9 Å². The van der Waals surface area contributed by atoms with Crippen molar-refractivity contribution in [1.29, 1.82) is 0 Å². The smallest absolute Gasteiger partial charge is 0.419 e. The molecule has 0 bridgehead atoms. The molecule has 100 valence electrons. The van der Waals surface area contributed by atoms with Crippen molar-refractivity contribution in [3.8, 4) is 5.75 Å². The van der Waals surface area contributed by atoms with Gasteiger partial charge >= 0.3 is 6.18 Å². The van der Waals surface area contributed by atoms with E-state index in [4.69, 9.17) is 4.74 Å². The highest BCUT2D eigenvalue weighted by atomic mass is 19.4. The Morgan fingerprint density at radius 1 is 1.39 bits per heavy atom. The number of aliphatic hydroxyl groups is 1. The molecule has 0 saturated carbocycles. The molecule has 0 aromatic heterocycles. The number of ether oxygens (including phenoxy) is 1. The molecule has 0 atom stereocenters.